The second-order valence-corrected chi connectivity index (χ2v) is 6.36. The van der Waals surface area contributed by atoms with Crippen molar-refractivity contribution in [3.63, 3.8) is 0 Å². The number of hydrogen-bond donors (Lipinski definition) is 1. The average Bonchev–Trinajstić information content (AvgIpc) is 2.68. The van der Waals surface area contributed by atoms with Crippen molar-refractivity contribution in [2.75, 3.05) is 25.5 Å². The molecular weight excluding hydrogens is 368 g/mol. The SMILES string of the molecule is COc1nc(C=O)cc(NC2CCN(C(=O)c3ccc(C)cc3)CC2)n1.Cl. The zero-order valence-electron chi connectivity index (χ0n) is 15.3. The lowest BCUT2D eigenvalue weighted by molar-refractivity contribution is 0.0718. The van der Waals surface area contributed by atoms with Crippen LogP contribution in [0.4, 0.5) is 5.82 Å². The molecule has 144 valence electrons. The van der Waals surface area contributed by atoms with Crippen molar-refractivity contribution in [1.29, 1.82) is 0 Å². The Morgan fingerprint density at radius 2 is 1.89 bits per heavy atom. The number of hydrogen-bond acceptors (Lipinski definition) is 6. The van der Waals surface area contributed by atoms with Crippen molar-refractivity contribution < 1.29 is 14.3 Å². The Labute approximate surface area is 164 Å². The Morgan fingerprint density at radius 3 is 2.48 bits per heavy atom. The number of amides is 1. The summed E-state index contributed by atoms with van der Waals surface area (Å²) < 4.78 is 5.02. The Bertz CT molecular complexity index is 790. The third-order valence-electron chi connectivity index (χ3n) is 4.46. The summed E-state index contributed by atoms with van der Waals surface area (Å²) in [6.07, 6.45) is 2.28. The molecule has 1 fully saturated rings. The molecule has 2 heterocycles. The van der Waals surface area contributed by atoms with Gasteiger partial charge in [0.25, 0.3) is 5.91 Å². The van der Waals surface area contributed by atoms with Crippen LogP contribution in [-0.4, -0.2) is 53.3 Å². The number of carbonyl (C=O) groups is 2. The fourth-order valence-corrected chi connectivity index (χ4v) is 2.98. The number of ether oxygens (including phenoxy) is 1. The Balaban J connectivity index is 0.00000261. The fourth-order valence-electron chi connectivity index (χ4n) is 2.98. The quantitative estimate of drug-likeness (QED) is 0.790. The summed E-state index contributed by atoms with van der Waals surface area (Å²) in [7, 11) is 1.46. The number of aldehydes is 1. The highest BCUT2D eigenvalue weighted by Gasteiger charge is 2.24. The van der Waals surface area contributed by atoms with Gasteiger partial charge in [0.2, 0.25) is 0 Å². The molecule has 0 unspecified atom stereocenters. The van der Waals surface area contributed by atoms with Gasteiger partial charge < -0.3 is 15.0 Å². The third kappa shape index (κ3) is 5.17. The van der Waals surface area contributed by atoms with Gasteiger partial charge in [-0.2, -0.15) is 9.97 Å². The molecule has 2 aromatic rings. The molecule has 1 aliphatic heterocycles. The average molecular weight is 391 g/mol. The van der Waals surface area contributed by atoms with Crippen molar-refractivity contribution >= 4 is 30.4 Å². The maximum Gasteiger partial charge on any atom is 0.318 e. The molecule has 0 atom stereocenters. The van der Waals surface area contributed by atoms with Crippen LogP contribution in [0.15, 0.2) is 30.3 Å². The van der Waals surface area contributed by atoms with E-state index in [1.807, 2.05) is 36.1 Å². The van der Waals surface area contributed by atoms with E-state index >= 15 is 0 Å². The minimum atomic E-state index is 0. The highest BCUT2D eigenvalue weighted by Crippen LogP contribution is 2.19. The zero-order valence-corrected chi connectivity index (χ0v) is 16.2. The molecule has 0 bridgehead atoms. The van der Waals surface area contributed by atoms with Gasteiger partial charge in [-0.05, 0) is 31.9 Å². The molecule has 0 saturated carbocycles. The third-order valence-corrected chi connectivity index (χ3v) is 4.46. The monoisotopic (exact) mass is 390 g/mol. The number of aromatic nitrogens is 2. The lowest BCUT2D eigenvalue weighted by Crippen LogP contribution is -2.42. The van der Waals surface area contributed by atoms with E-state index in [0.29, 0.717) is 25.2 Å². The molecule has 1 aliphatic rings. The highest BCUT2D eigenvalue weighted by molar-refractivity contribution is 5.94. The van der Waals surface area contributed by atoms with Gasteiger partial charge in [0, 0.05) is 30.8 Å². The van der Waals surface area contributed by atoms with E-state index in [4.69, 9.17) is 4.74 Å². The minimum absolute atomic E-state index is 0. The van der Waals surface area contributed by atoms with Crippen LogP contribution in [0, 0.1) is 6.92 Å². The van der Waals surface area contributed by atoms with E-state index in [2.05, 4.69) is 15.3 Å². The molecule has 1 aromatic carbocycles. The highest BCUT2D eigenvalue weighted by atomic mass is 35.5. The summed E-state index contributed by atoms with van der Waals surface area (Å²) in [5.41, 5.74) is 2.13. The smallest absolute Gasteiger partial charge is 0.318 e. The Kier molecular flexibility index (Phi) is 7.12. The van der Waals surface area contributed by atoms with Gasteiger partial charge in [-0.15, -0.1) is 12.4 Å². The van der Waals surface area contributed by atoms with Crippen LogP contribution in [0.5, 0.6) is 6.01 Å². The molecule has 8 heteroatoms. The predicted octanol–water partition coefficient (Wildman–Crippen LogP) is 2.74. The Hall–Kier alpha value is -2.67. The number of aryl methyl sites for hydroxylation is 1. The molecule has 0 radical (unpaired) electrons. The molecule has 27 heavy (non-hydrogen) atoms. The van der Waals surface area contributed by atoms with Crippen LogP contribution in [0.1, 0.15) is 39.3 Å². The molecule has 1 amide bonds. The van der Waals surface area contributed by atoms with Crippen molar-refractivity contribution in [3.05, 3.63) is 47.2 Å². The standard InChI is InChI=1S/C19H22N4O3.ClH/c1-13-3-5-14(6-4-13)18(25)23-9-7-15(8-10-23)20-17-11-16(12-24)21-19(22-17)26-2;/h3-6,11-12,15H,7-10H2,1-2H3,(H,20,21,22);1H. The lowest BCUT2D eigenvalue weighted by Gasteiger charge is -2.32. The molecule has 1 saturated heterocycles. The summed E-state index contributed by atoms with van der Waals surface area (Å²) in [5.74, 6) is 0.623. The van der Waals surface area contributed by atoms with Crippen molar-refractivity contribution in [1.82, 2.24) is 14.9 Å². The van der Waals surface area contributed by atoms with Crippen LogP contribution in [-0.2, 0) is 0 Å². The summed E-state index contributed by atoms with van der Waals surface area (Å²) in [5, 5.41) is 3.31. The summed E-state index contributed by atoms with van der Waals surface area (Å²) in [6, 6.07) is 9.58. The van der Waals surface area contributed by atoms with Gasteiger partial charge >= 0.3 is 6.01 Å². The number of anilines is 1. The van der Waals surface area contributed by atoms with E-state index in [1.54, 1.807) is 6.07 Å². The summed E-state index contributed by atoms with van der Waals surface area (Å²) in [6.45, 7) is 3.35. The van der Waals surface area contributed by atoms with Crippen molar-refractivity contribution in [3.8, 4) is 6.01 Å². The van der Waals surface area contributed by atoms with Gasteiger partial charge in [-0.1, -0.05) is 17.7 Å². The molecule has 0 spiro atoms. The van der Waals surface area contributed by atoms with E-state index in [9.17, 15) is 9.59 Å². The van der Waals surface area contributed by atoms with Gasteiger partial charge in [-0.25, -0.2) is 0 Å². The van der Waals surface area contributed by atoms with Gasteiger partial charge in [0.15, 0.2) is 6.29 Å². The van der Waals surface area contributed by atoms with E-state index < -0.39 is 0 Å². The van der Waals surface area contributed by atoms with Crippen LogP contribution in [0.25, 0.3) is 0 Å². The lowest BCUT2D eigenvalue weighted by atomic mass is 10.0. The topological polar surface area (TPSA) is 84.4 Å². The van der Waals surface area contributed by atoms with Crippen LogP contribution >= 0.6 is 12.4 Å². The van der Waals surface area contributed by atoms with Gasteiger partial charge in [-0.3, -0.25) is 9.59 Å². The first-order valence-corrected chi connectivity index (χ1v) is 8.60. The number of carbonyl (C=O) groups excluding carboxylic acids is 2. The maximum absolute atomic E-state index is 12.6. The van der Waals surface area contributed by atoms with Crippen LogP contribution in [0.2, 0.25) is 0 Å². The first-order valence-electron chi connectivity index (χ1n) is 8.60. The van der Waals surface area contributed by atoms with Gasteiger partial charge in [0.1, 0.15) is 11.5 Å². The van der Waals surface area contributed by atoms with E-state index in [-0.39, 0.29) is 36.1 Å². The second-order valence-electron chi connectivity index (χ2n) is 6.36. The second kappa shape index (κ2) is 9.32. The van der Waals surface area contributed by atoms with Crippen molar-refractivity contribution in [2.24, 2.45) is 0 Å². The number of benzene rings is 1. The number of nitrogens with zero attached hydrogens (tertiary/aromatic N) is 3. The zero-order chi connectivity index (χ0) is 18.5. The molecule has 0 aliphatic carbocycles. The number of rotatable bonds is 5. The number of methoxy groups -OCH3 is 1. The number of likely N-dealkylation sites (tertiary alicyclic amines) is 1. The van der Waals surface area contributed by atoms with E-state index in [0.717, 1.165) is 24.0 Å². The largest absolute Gasteiger partial charge is 0.467 e. The number of nitrogens with one attached hydrogen (secondary N) is 1. The molecule has 1 aromatic heterocycles. The first kappa shape index (κ1) is 20.6. The van der Waals surface area contributed by atoms with E-state index in [1.165, 1.54) is 7.11 Å². The fraction of sp³-hybridized carbons (Fsp3) is 0.368. The first-order chi connectivity index (χ1) is 12.6. The number of piperidine rings is 1. The van der Waals surface area contributed by atoms with Crippen LogP contribution < -0.4 is 10.1 Å². The summed E-state index contributed by atoms with van der Waals surface area (Å²) in [4.78, 5) is 33.6. The molecular formula is C19H23ClN4O3. The minimum Gasteiger partial charge on any atom is -0.467 e. The van der Waals surface area contributed by atoms with Crippen molar-refractivity contribution in [2.45, 2.75) is 25.8 Å². The molecule has 1 N–H and O–H groups in total. The normalized spacial score (nSPS) is 14.2. The maximum atomic E-state index is 12.6. The van der Waals surface area contributed by atoms with Crippen LogP contribution in [0.3, 0.4) is 0 Å². The van der Waals surface area contributed by atoms with Gasteiger partial charge in [0.05, 0.1) is 7.11 Å². The Morgan fingerprint density at radius 1 is 1.22 bits per heavy atom. The molecule has 3 rings (SSSR count). The number of halogens is 1. The molecule has 7 nitrogen and oxygen atoms in total. The predicted molar refractivity (Wildman–Crippen MR) is 105 cm³/mol. The summed E-state index contributed by atoms with van der Waals surface area (Å²) >= 11 is 0.